The fourth-order valence-electron chi connectivity index (χ4n) is 5.29. The summed E-state index contributed by atoms with van der Waals surface area (Å²) >= 11 is 3.67. The second kappa shape index (κ2) is 16.9. The summed E-state index contributed by atoms with van der Waals surface area (Å²) in [6, 6.07) is 20.7. The highest BCUT2D eigenvalue weighted by Crippen LogP contribution is 2.47. The standard InChI is InChI=1S/C34H34O4S2.2F2/c1-21(35)7-5-10-34(36)38-27-17-13-25(14-18-27)33-20-31(23(3)40-33)29-9-6-8-28(29)30-19-32(39-22(30)2)24-11-15-26(37-4)16-12-24;2*1-2/h11-20H,5-10H2,1-4H3;;. The van der Waals surface area contributed by atoms with Crippen LogP contribution < -0.4 is 9.47 Å². The van der Waals surface area contributed by atoms with Gasteiger partial charge in [-0.1, -0.05) is 0 Å². The van der Waals surface area contributed by atoms with Crippen LogP contribution in [-0.2, 0) is 9.59 Å². The van der Waals surface area contributed by atoms with Crippen molar-refractivity contribution in [2.75, 3.05) is 7.11 Å². The van der Waals surface area contributed by atoms with E-state index in [1.807, 2.05) is 59.1 Å². The largest absolute Gasteiger partial charge is 0.497 e. The first kappa shape index (κ1) is 34.7. The van der Waals surface area contributed by atoms with Gasteiger partial charge in [0.2, 0.25) is 0 Å². The van der Waals surface area contributed by atoms with Crippen LogP contribution in [0.5, 0.6) is 11.5 Å². The van der Waals surface area contributed by atoms with Gasteiger partial charge in [0.1, 0.15) is 17.3 Å². The normalized spacial score (nSPS) is 12.2. The van der Waals surface area contributed by atoms with Crippen LogP contribution in [0.3, 0.4) is 0 Å². The van der Waals surface area contributed by atoms with E-state index < -0.39 is 0 Å². The number of carbonyl (C=O) groups is 2. The Bertz CT molecular complexity index is 1570. The predicted molar refractivity (Wildman–Crippen MR) is 171 cm³/mol. The number of hydrogen-bond donors (Lipinski definition) is 0. The van der Waals surface area contributed by atoms with Gasteiger partial charge in [0.15, 0.2) is 0 Å². The van der Waals surface area contributed by atoms with Gasteiger partial charge in [-0.2, -0.15) is 0 Å². The number of ether oxygens (including phenoxy) is 2. The Balaban J connectivity index is 0.00000127. The maximum Gasteiger partial charge on any atom is 0.311 e. The van der Waals surface area contributed by atoms with Gasteiger partial charge >= 0.3 is 5.97 Å². The monoisotopic (exact) mass is 646 g/mol. The van der Waals surface area contributed by atoms with Crippen LogP contribution in [0.2, 0.25) is 0 Å². The van der Waals surface area contributed by atoms with Gasteiger partial charge in [-0.25, -0.2) is 0 Å². The number of esters is 1. The van der Waals surface area contributed by atoms with E-state index in [1.54, 1.807) is 7.11 Å². The minimum absolute atomic E-state index is 0.0898. The van der Waals surface area contributed by atoms with E-state index in [0.717, 1.165) is 24.2 Å². The van der Waals surface area contributed by atoms with Crippen molar-refractivity contribution in [3.8, 4) is 32.4 Å². The summed E-state index contributed by atoms with van der Waals surface area (Å²) in [5.74, 6) is 1.19. The molecule has 0 N–H and O–H groups in total. The average molecular weight is 647 g/mol. The number of Topliss-reactive ketones (excluding diaryl/α,β-unsaturated/α-hetero) is 1. The molecule has 0 unspecified atom stereocenters. The van der Waals surface area contributed by atoms with Crippen molar-refractivity contribution in [1.29, 1.82) is 0 Å². The molecule has 2 aromatic heterocycles. The molecule has 0 spiro atoms. The Hall–Kier alpha value is -3.76. The second-order valence-electron chi connectivity index (χ2n) is 10.3. The molecule has 0 bridgehead atoms. The van der Waals surface area contributed by atoms with Crippen LogP contribution in [0.25, 0.3) is 32.0 Å². The molecule has 2 aromatic carbocycles. The summed E-state index contributed by atoms with van der Waals surface area (Å²) < 4.78 is 42.8. The summed E-state index contributed by atoms with van der Waals surface area (Å²) in [7, 11) is 1.70. The third-order valence-electron chi connectivity index (χ3n) is 7.36. The van der Waals surface area contributed by atoms with Gasteiger partial charge in [0, 0.05) is 50.6 Å². The molecular weight excluding hydrogens is 612 g/mol. The fourth-order valence-corrected chi connectivity index (χ4v) is 7.40. The lowest BCUT2D eigenvalue weighted by atomic mass is 9.96. The van der Waals surface area contributed by atoms with E-state index in [-0.39, 0.29) is 18.2 Å². The number of hydrogen-bond acceptors (Lipinski definition) is 6. The molecule has 0 radical (unpaired) electrons. The molecular formula is C34H34F4O4S2. The lowest BCUT2D eigenvalue weighted by molar-refractivity contribution is -0.134. The second-order valence-corrected chi connectivity index (χ2v) is 12.8. The summed E-state index contributed by atoms with van der Waals surface area (Å²) in [5, 5.41) is 0. The van der Waals surface area contributed by atoms with E-state index in [9.17, 15) is 9.59 Å². The summed E-state index contributed by atoms with van der Waals surface area (Å²) in [4.78, 5) is 28.4. The van der Waals surface area contributed by atoms with E-state index in [4.69, 9.17) is 27.8 Å². The van der Waals surface area contributed by atoms with Crippen molar-refractivity contribution in [2.24, 2.45) is 0 Å². The fraction of sp³-hybridized carbons (Fsp3) is 0.294. The van der Waals surface area contributed by atoms with Crippen LogP contribution >= 0.6 is 22.7 Å². The number of carbonyl (C=O) groups excluding carboxylic acids is 2. The number of thiophene rings is 2. The van der Waals surface area contributed by atoms with Gasteiger partial charge in [-0.3, -0.25) is 4.79 Å². The third-order valence-corrected chi connectivity index (χ3v) is 9.56. The highest BCUT2D eigenvalue weighted by Gasteiger charge is 2.23. The summed E-state index contributed by atoms with van der Waals surface area (Å²) in [5.41, 5.74) is 8.02. The van der Waals surface area contributed by atoms with Gasteiger partial charge < -0.3 is 14.3 Å². The summed E-state index contributed by atoms with van der Waals surface area (Å²) in [6.45, 7) is 5.99. The van der Waals surface area contributed by atoms with Crippen molar-refractivity contribution >= 4 is 45.6 Å². The topological polar surface area (TPSA) is 52.6 Å². The Morgan fingerprint density at radius 1 is 0.727 bits per heavy atom. The maximum absolute atomic E-state index is 12.1. The Kier molecular flexibility index (Phi) is 13.4. The van der Waals surface area contributed by atoms with E-state index in [0.29, 0.717) is 18.6 Å². The Labute approximate surface area is 262 Å². The minimum Gasteiger partial charge on any atom is -0.497 e. The number of aryl methyl sites for hydroxylation is 2. The molecule has 2 heterocycles. The van der Waals surface area contributed by atoms with Crippen molar-refractivity contribution in [1.82, 2.24) is 0 Å². The Morgan fingerprint density at radius 2 is 1.18 bits per heavy atom. The molecule has 5 rings (SSSR count). The zero-order valence-corrected chi connectivity index (χ0v) is 26.6. The van der Waals surface area contributed by atoms with Crippen molar-refractivity contribution in [3.63, 3.8) is 0 Å². The number of rotatable bonds is 10. The molecule has 0 aliphatic heterocycles. The number of halogens is 4. The first-order valence-corrected chi connectivity index (χ1v) is 15.6. The van der Waals surface area contributed by atoms with Crippen LogP contribution in [0, 0.1) is 13.8 Å². The van der Waals surface area contributed by atoms with E-state index in [2.05, 4.69) is 38.1 Å². The first-order valence-electron chi connectivity index (χ1n) is 14.0. The predicted octanol–water partition coefficient (Wildman–Crippen LogP) is 11.2. The molecule has 0 atom stereocenters. The number of methoxy groups -OCH3 is 1. The van der Waals surface area contributed by atoms with Crippen LogP contribution in [-0.4, -0.2) is 18.9 Å². The molecule has 0 amide bonds. The Morgan fingerprint density at radius 3 is 1.61 bits per heavy atom. The van der Waals surface area contributed by atoms with E-state index >= 15 is 0 Å². The first-order chi connectivity index (χ1) is 21.3. The quantitative estimate of drug-likeness (QED) is 0.0977. The molecule has 0 saturated heterocycles. The third kappa shape index (κ3) is 8.66. The molecule has 1 aliphatic carbocycles. The zero-order valence-electron chi connectivity index (χ0n) is 25.0. The molecule has 0 saturated carbocycles. The zero-order chi connectivity index (χ0) is 32.2. The number of benzene rings is 2. The lowest BCUT2D eigenvalue weighted by Gasteiger charge is -2.07. The van der Waals surface area contributed by atoms with Crippen LogP contribution in [0.4, 0.5) is 18.3 Å². The molecule has 4 aromatic rings. The van der Waals surface area contributed by atoms with E-state index in [1.165, 1.54) is 60.7 Å². The summed E-state index contributed by atoms with van der Waals surface area (Å²) in [6.07, 6.45) is 4.55. The SMILES string of the molecule is COc1ccc(-c2cc(C3=C(c4cc(-c5ccc(OC(=O)CCCC(C)=O)cc5)sc4C)CCC3)c(C)s2)cc1.FF.FF. The van der Waals surface area contributed by atoms with Gasteiger partial charge in [0.25, 0.3) is 0 Å². The van der Waals surface area contributed by atoms with Crippen molar-refractivity contribution in [3.05, 3.63) is 81.5 Å². The van der Waals surface area contributed by atoms with Crippen molar-refractivity contribution in [2.45, 2.75) is 59.3 Å². The minimum atomic E-state index is -0.303. The van der Waals surface area contributed by atoms with Crippen LogP contribution in [0.1, 0.15) is 66.3 Å². The lowest BCUT2D eigenvalue weighted by Crippen LogP contribution is -2.08. The van der Waals surface area contributed by atoms with Gasteiger partial charge in [-0.05, 0) is 141 Å². The molecule has 10 heteroatoms. The maximum atomic E-state index is 12.1. The van der Waals surface area contributed by atoms with Crippen LogP contribution in [0.15, 0.2) is 60.7 Å². The average Bonchev–Trinajstić information content (AvgIpc) is 3.77. The molecule has 0 fully saturated rings. The molecule has 1 aliphatic rings. The molecule has 4 nitrogen and oxygen atoms in total. The van der Waals surface area contributed by atoms with Gasteiger partial charge in [0.05, 0.1) is 7.11 Å². The highest BCUT2D eigenvalue weighted by atomic mass is 32.1. The smallest absolute Gasteiger partial charge is 0.311 e. The molecule has 44 heavy (non-hydrogen) atoms. The van der Waals surface area contributed by atoms with Gasteiger partial charge in [-0.15, -0.1) is 22.7 Å². The highest BCUT2D eigenvalue weighted by molar-refractivity contribution is 7.16. The number of ketones is 1. The molecule has 234 valence electrons. The number of allylic oxidation sites excluding steroid dienone is 2. The van der Waals surface area contributed by atoms with Crippen molar-refractivity contribution < 1.29 is 37.4 Å².